The Labute approximate surface area is 187 Å². The zero-order valence-electron chi connectivity index (χ0n) is 17.1. The van der Waals surface area contributed by atoms with Crippen LogP contribution in [-0.2, 0) is 22.5 Å². The van der Waals surface area contributed by atoms with Crippen LogP contribution in [0.3, 0.4) is 0 Å². The van der Waals surface area contributed by atoms with E-state index in [1.54, 1.807) is 48.5 Å². The van der Waals surface area contributed by atoms with Crippen molar-refractivity contribution in [1.29, 1.82) is 0 Å². The van der Waals surface area contributed by atoms with Crippen molar-refractivity contribution in [3.63, 3.8) is 0 Å². The van der Waals surface area contributed by atoms with E-state index < -0.39 is 29.9 Å². The Balaban J connectivity index is 1.66. The fourth-order valence-corrected chi connectivity index (χ4v) is 4.84. The summed E-state index contributed by atoms with van der Waals surface area (Å²) in [5.41, 5.74) is 3.84. The van der Waals surface area contributed by atoms with E-state index >= 15 is 0 Å². The number of ether oxygens (including phenoxy) is 1. The number of fused-ring (bicyclic) bond motifs is 1. The molecule has 2 atom stereocenters. The quantitative estimate of drug-likeness (QED) is 0.526. The molecule has 4 rings (SSSR count). The Morgan fingerprint density at radius 2 is 1.75 bits per heavy atom. The molecule has 0 spiro atoms. The lowest BCUT2D eigenvalue weighted by atomic mass is 9.87. The fourth-order valence-electron chi connectivity index (χ4n) is 4.12. The highest BCUT2D eigenvalue weighted by molar-refractivity contribution is 7.80. The van der Waals surface area contributed by atoms with E-state index in [1.165, 1.54) is 16.4 Å². The van der Waals surface area contributed by atoms with Gasteiger partial charge in [0.05, 0.1) is 6.04 Å². The minimum atomic E-state index is -2.53. The summed E-state index contributed by atoms with van der Waals surface area (Å²) in [6.07, 6.45) is 2.06. The number of carbonyl (C=O) groups is 1. The van der Waals surface area contributed by atoms with Crippen LogP contribution in [0.15, 0.2) is 66.7 Å². The molecule has 0 radical (unpaired) electrons. The number of rotatable bonds is 7. The second-order valence-corrected chi connectivity index (χ2v) is 8.34. The molecular weight excluding hydrogens is 433 g/mol. The van der Waals surface area contributed by atoms with E-state index in [0.29, 0.717) is 24.3 Å². The molecule has 0 bridgehead atoms. The molecule has 2 unspecified atom stereocenters. The van der Waals surface area contributed by atoms with E-state index in [-0.39, 0.29) is 5.82 Å². The maximum absolute atomic E-state index is 13.2. The Bertz CT molecular complexity index is 1130. The van der Waals surface area contributed by atoms with E-state index in [1.807, 2.05) is 6.07 Å². The summed E-state index contributed by atoms with van der Waals surface area (Å²) in [4.78, 5) is 10.9. The molecular formula is C24H21FNO5S-. The van der Waals surface area contributed by atoms with Gasteiger partial charge in [-0.1, -0.05) is 36.4 Å². The van der Waals surface area contributed by atoms with Gasteiger partial charge in [-0.2, -0.15) is 0 Å². The molecule has 0 heterocycles. The van der Waals surface area contributed by atoms with Gasteiger partial charge in [0.15, 0.2) is 6.61 Å². The summed E-state index contributed by atoms with van der Waals surface area (Å²) in [6, 6.07) is 18.1. The second kappa shape index (κ2) is 9.50. The van der Waals surface area contributed by atoms with Gasteiger partial charge in [0.1, 0.15) is 11.6 Å². The van der Waals surface area contributed by atoms with Crippen LogP contribution in [0, 0.1) is 5.82 Å². The number of carboxylic acids is 1. The van der Waals surface area contributed by atoms with Gasteiger partial charge < -0.3 is 14.4 Å². The Kier molecular flexibility index (Phi) is 6.53. The van der Waals surface area contributed by atoms with Crippen molar-refractivity contribution in [2.45, 2.75) is 25.3 Å². The average Bonchev–Trinajstić information content (AvgIpc) is 2.79. The molecule has 0 saturated heterocycles. The number of halogens is 1. The molecule has 0 amide bonds. The first kappa shape index (κ1) is 22.0. The Morgan fingerprint density at radius 3 is 2.38 bits per heavy atom. The normalized spacial score (nSPS) is 16.1. The minimum Gasteiger partial charge on any atom is -0.755 e. The third-order valence-electron chi connectivity index (χ3n) is 5.53. The van der Waals surface area contributed by atoms with Gasteiger partial charge in [0.2, 0.25) is 0 Å². The maximum atomic E-state index is 13.2. The zero-order chi connectivity index (χ0) is 22.7. The van der Waals surface area contributed by atoms with Gasteiger partial charge in [-0.15, -0.1) is 0 Å². The van der Waals surface area contributed by atoms with Crippen molar-refractivity contribution >= 4 is 22.9 Å². The summed E-state index contributed by atoms with van der Waals surface area (Å²) < 4.78 is 44.5. The smallest absolute Gasteiger partial charge is 0.341 e. The number of benzene rings is 3. The summed E-state index contributed by atoms with van der Waals surface area (Å²) in [5.74, 6) is -0.919. The number of anilines is 1. The van der Waals surface area contributed by atoms with E-state index in [4.69, 9.17) is 9.84 Å². The predicted octanol–water partition coefficient (Wildman–Crippen LogP) is 4.63. The van der Waals surface area contributed by atoms with Crippen LogP contribution in [0.2, 0.25) is 0 Å². The molecule has 1 aliphatic carbocycles. The van der Waals surface area contributed by atoms with Crippen molar-refractivity contribution in [3.05, 3.63) is 83.7 Å². The molecule has 6 nitrogen and oxygen atoms in total. The first-order valence-corrected chi connectivity index (χ1v) is 11.2. The molecule has 3 aromatic carbocycles. The third-order valence-corrected chi connectivity index (χ3v) is 6.31. The van der Waals surface area contributed by atoms with Gasteiger partial charge in [0.25, 0.3) is 0 Å². The van der Waals surface area contributed by atoms with Crippen molar-refractivity contribution in [1.82, 2.24) is 0 Å². The summed E-state index contributed by atoms with van der Waals surface area (Å²) in [7, 11) is 0. The first-order chi connectivity index (χ1) is 15.4. The highest BCUT2D eigenvalue weighted by atomic mass is 32.2. The molecule has 8 heteroatoms. The molecule has 0 aliphatic heterocycles. The Hall–Kier alpha value is -3.23. The highest BCUT2D eigenvalue weighted by Gasteiger charge is 2.29. The van der Waals surface area contributed by atoms with E-state index in [2.05, 4.69) is 0 Å². The number of nitrogens with zero attached hydrogens (tertiary/aromatic N) is 1. The molecule has 0 saturated carbocycles. The molecule has 32 heavy (non-hydrogen) atoms. The van der Waals surface area contributed by atoms with Gasteiger partial charge in [-0.25, -0.2) is 9.18 Å². The average molecular weight is 454 g/mol. The van der Waals surface area contributed by atoms with E-state index in [0.717, 1.165) is 28.7 Å². The van der Waals surface area contributed by atoms with Crippen LogP contribution in [0.1, 0.15) is 30.0 Å². The number of aliphatic carboxylic acids is 1. The van der Waals surface area contributed by atoms with Crippen molar-refractivity contribution < 1.29 is 27.8 Å². The van der Waals surface area contributed by atoms with Crippen molar-refractivity contribution in [2.75, 3.05) is 10.9 Å². The summed E-state index contributed by atoms with van der Waals surface area (Å²) in [5, 5.41) is 8.93. The van der Waals surface area contributed by atoms with Crippen LogP contribution >= 0.6 is 0 Å². The lowest BCUT2D eigenvalue weighted by Gasteiger charge is -2.38. The van der Waals surface area contributed by atoms with Crippen LogP contribution in [0.4, 0.5) is 10.1 Å². The van der Waals surface area contributed by atoms with Crippen molar-refractivity contribution in [2.24, 2.45) is 0 Å². The second-order valence-electron chi connectivity index (χ2n) is 7.51. The third kappa shape index (κ3) is 4.66. The van der Waals surface area contributed by atoms with Gasteiger partial charge in [-0.05, 0) is 71.8 Å². The monoisotopic (exact) mass is 454 g/mol. The van der Waals surface area contributed by atoms with Crippen LogP contribution in [-0.4, -0.2) is 26.4 Å². The fraction of sp³-hybridized carbons (Fsp3) is 0.208. The molecule has 3 aromatic rings. The molecule has 0 fully saturated rings. The summed E-state index contributed by atoms with van der Waals surface area (Å²) >= 11 is -2.53. The highest BCUT2D eigenvalue weighted by Crippen LogP contribution is 2.41. The Morgan fingerprint density at radius 1 is 1.09 bits per heavy atom. The van der Waals surface area contributed by atoms with Crippen molar-refractivity contribution in [3.8, 4) is 16.9 Å². The van der Waals surface area contributed by atoms with Crippen LogP contribution < -0.4 is 9.04 Å². The predicted molar refractivity (Wildman–Crippen MR) is 118 cm³/mol. The van der Waals surface area contributed by atoms with Gasteiger partial charge >= 0.3 is 5.97 Å². The number of hydrogen-bond acceptors (Lipinski definition) is 4. The minimum absolute atomic E-state index is 0.319. The maximum Gasteiger partial charge on any atom is 0.341 e. The van der Waals surface area contributed by atoms with Crippen LogP contribution in [0.25, 0.3) is 11.1 Å². The first-order valence-electron chi connectivity index (χ1n) is 10.1. The van der Waals surface area contributed by atoms with Crippen LogP contribution in [0.5, 0.6) is 5.75 Å². The lowest BCUT2D eigenvalue weighted by Crippen LogP contribution is -2.33. The number of carboxylic acid groups (broad SMARTS) is 1. The van der Waals surface area contributed by atoms with Gasteiger partial charge in [-0.3, -0.25) is 8.51 Å². The topological polar surface area (TPSA) is 89.9 Å². The number of hydrogen-bond donors (Lipinski definition) is 1. The zero-order valence-corrected chi connectivity index (χ0v) is 17.9. The molecule has 166 valence electrons. The largest absolute Gasteiger partial charge is 0.755 e. The van der Waals surface area contributed by atoms with Gasteiger partial charge in [0, 0.05) is 17.0 Å². The standard InChI is InChI=1S/C24H22FNO5S/c25-18-11-7-16(8-12-18)17-9-13-19(14-10-17)26(32(29)30)22-5-1-4-21-20(22)3-2-6-23(21)31-15-24(27)28/h2-3,6-14,22H,1,4-5,15H2,(H,27,28)(H,29,30)/p-1. The lowest BCUT2D eigenvalue weighted by molar-refractivity contribution is -0.139. The molecule has 1 N–H and O–H groups in total. The SMILES string of the molecule is O=C(O)COc1cccc2c1CCCC2N(c1ccc(-c2ccc(F)cc2)cc1)S(=O)[O-]. The molecule has 1 aliphatic rings. The molecule has 0 aromatic heterocycles. The van der Waals surface area contributed by atoms with E-state index in [9.17, 15) is 17.9 Å². The summed E-state index contributed by atoms with van der Waals surface area (Å²) in [6.45, 7) is -0.455.